The highest BCUT2D eigenvalue weighted by Crippen LogP contribution is 2.37. The maximum atomic E-state index is 12.6. The number of benzene rings is 1. The number of furan rings is 1. The Morgan fingerprint density at radius 1 is 1.18 bits per heavy atom. The van der Waals surface area contributed by atoms with Gasteiger partial charge in [-0.1, -0.05) is 23.7 Å². The molecular formula is C22H21ClN2O3. The van der Waals surface area contributed by atoms with Crippen molar-refractivity contribution in [1.82, 2.24) is 10.3 Å². The number of nitrogens with zero attached hydrogens (tertiary/aromatic N) is 1. The van der Waals surface area contributed by atoms with Gasteiger partial charge in [0.05, 0.1) is 10.6 Å². The van der Waals surface area contributed by atoms with Crippen LogP contribution in [0.5, 0.6) is 0 Å². The van der Waals surface area contributed by atoms with E-state index in [-0.39, 0.29) is 18.1 Å². The number of nitrogens with one attached hydrogen (secondary N) is 1. The van der Waals surface area contributed by atoms with Crippen LogP contribution in [-0.4, -0.2) is 23.2 Å². The summed E-state index contributed by atoms with van der Waals surface area (Å²) >= 11 is 6.34. The van der Waals surface area contributed by atoms with Crippen LogP contribution < -0.4 is 5.32 Å². The zero-order chi connectivity index (χ0) is 20.3. The molecule has 0 unspecified atom stereocenters. The van der Waals surface area contributed by atoms with E-state index in [2.05, 4.69) is 10.3 Å². The Hall–Kier alpha value is -2.92. The van der Waals surface area contributed by atoms with Crippen LogP contribution in [0.2, 0.25) is 5.02 Å². The summed E-state index contributed by atoms with van der Waals surface area (Å²) in [6.45, 7) is 5.79. The molecule has 6 heteroatoms. The summed E-state index contributed by atoms with van der Waals surface area (Å²) < 4.78 is 6.12. The van der Waals surface area contributed by atoms with E-state index in [9.17, 15) is 9.59 Å². The number of hydrogen-bond donors (Lipinski definition) is 1. The van der Waals surface area contributed by atoms with Gasteiger partial charge in [-0.2, -0.15) is 0 Å². The normalized spacial score (nSPS) is 10.7. The number of Topliss-reactive ketones (excluding diaryl/α,β-unsaturated/α-hetero) is 1. The van der Waals surface area contributed by atoms with Crippen LogP contribution in [0.15, 0.2) is 47.0 Å². The summed E-state index contributed by atoms with van der Waals surface area (Å²) in [5, 5.41) is 3.31. The lowest BCUT2D eigenvalue weighted by atomic mass is 10.0. The summed E-state index contributed by atoms with van der Waals surface area (Å²) in [4.78, 5) is 28.4. The van der Waals surface area contributed by atoms with Crippen molar-refractivity contribution in [3.63, 3.8) is 0 Å². The lowest BCUT2D eigenvalue weighted by Crippen LogP contribution is -2.22. The van der Waals surface area contributed by atoms with Gasteiger partial charge in [-0.25, -0.2) is 0 Å². The average molecular weight is 397 g/mol. The Bertz CT molecular complexity index is 1040. The number of ketones is 1. The third kappa shape index (κ3) is 4.15. The topological polar surface area (TPSA) is 72.2 Å². The molecule has 2 heterocycles. The maximum Gasteiger partial charge on any atom is 0.255 e. The van der Waals surface area contributed by atoms with Gasteiger partial charge < -0.3 is 9.73 Å². The second kappa shape index (κ2) is 8.40. The number of hydrogen-bond acceptors (Lipinski definition) is 4. The summed E-state index contributed by atoms with van der Waals surface area (Å²) in [5.74, 6) is 0.737. The van der Waals surface area contributed by atoms with Crippen molar-refractivity contribution < 1.29 is 14.0 Å². The van der Waals surface area contributed by atoms with E-state index in [1.54, 1.807) is 18.3 Å². The quantitative estimate of drug-likeness (QED) is 0.646. The fourth-order valence-corrected chi connectivity index (χ4v) is 3.20. The molecule has 2 aromatic heterocycles. The standard InChI is InChI=1S/C22H21ClN2O3/c1-4-24-22(27)18-11-20(28-21(18)16-7-5-6-8-19(16)23)17-10-15(9-14(3)26)25-12-13(17)2/h5-8,10-12H,4,9H2,1-3H3,(H,24,27). The zero-order valence-corrected chi connectivity index (χ0v) is 16.8. The lowest BCUT2D eigenvalue weighted by molar-refractivity contribution is -0.116. The molecule has 0 aliphatic heterocycles. The number of carbonyl (C=O) groups is 2. The van der Waals surface area contributed by atoms with E-state index >= 15 is 0 Å². The molecular weight excluding hydrogens is 376 g/mol. The van der Waals surface area contributed by atoms with Crippen LogP contribution in [0.25, 0.3) is 22.6 Å². The molecule has 0 radical (unpaired) electrons. The number of pyridine rings is 1. The molecule has 144 valence electrons. The van der Waals surface area contributed by atoms with Crippen molar-refractivity contribution in [2.45, 2.75) is 27.2 Å². The zero-order valence-electron chi connectivity index (χ0n) is 16.0. The molecule has 0 saturated heterocycles. The van der Waals surface area contributed by atoms with Crippen molar-refractivity contribution in [2.75, 3.05) is 6.54 Å². The van der Waals surface area contributed by atoms with Crippen LogP contribution in [0.1, 0.15) is 35.5 Å². The highest BCUT2D eigenvalue weighted by Gasteiger charge is 2.22. The number of carbonyl (C=O) groups excluding carboxylic acids is 2. The van der Waals surface area contributed by atoms with Crippen LogP contribution >= 0.6 is 11.6 Å². The fraction of sp³-hybridized carbons (Fsp3) is 0.227. The minimum absolute atomic E-state index is 0.0292. The van der Waals surface area contributed by atoms with Gasteiger partial charge >= 0.3 is 0 Å². The average Bonchev–Trinajstić information content (AvgIpc) is 3.08. The highest BCUT2D eigenvalue weighted by molar-refractivity contribution is 6.33. The molecule has 1 N–H and O–H groups in total. The predicted octanol–water partition coefficient (Wildman–Crippen LogP) is 4.85. The van der Waals surface area contributed by atoms with Crippen molar-refractivity contribution in [2.24, 2.45) is 0 Å². The number of rotatable bonds is 6. The Morgan fingerprint density at radius 3 is 2.61 bits per heavy atom. The minimum atomic E-state index is -0.233. The fourth-order valence-electron chi connectivity index (χ4n) is 2.98. The third-order valence-electron chi connectivity index (χ3n) is 4.29. The summed E-state index contributed by atoms with van der Waals surface area (Å²) in [7, 11) is 0. The van der Waals surface area contributed by atoms with Gasteiger partial charge in [-0.3, -0.25) is 14.6 Å². The first-order chi connectivity index (χ1) is 13.4. The SMILES string of the molecule is CCNC(=O)c1cc(-c2cc(CC(C)=O)ncc2C)oc1-c1ccccc1Cl. The van der Waals surface area contributed by atoms with Crippen LogP contribution in [0.4, 0.5) is 0 Å². The third-order valence-corrected chi connectivity index (χ3v) is 4.62. The molecule has 1 aromatic carbocycles. The summed E-state index contributed by atoms with van der Waals surface area (Å²) in [5.41, 5.74) is 3.38. The van der Waals surface area contributed by atoms with E-state index < -0.39 is 0 Å². The molecule has 0 aliphatic rings. The molecule has 0 saturated carbocycles. The molecule has 0 fully saturated rings. The number of aromatic nitrogens is 1. The number of halogens is 1. The van der Waals surface area contributed by atoms with Crippen LogP contribution in [-0.2, 0) is 11.2 Å². The molecule has 0 spiro atoms. The van der Waals surface area contributed by atoms with Crippen molar-refractivity contribution >= 4 is 23.3 Å². The van der Waals surface area contributed by atoms with Gasteiger partial charge in [-0.05, 0) is 50.6 Å². The van der Waals surface area contributed by atoms with Gasteiger partial charge in [0.25, 0.3) is 5.91 Å². The van der Waals surface area contributed by atoms with Crippen molar-refractivity contribution in [1.29, 1.82) is 0 Å². The van der Waals surface area contributed by atoms with E-state index in [1.165, 1.54) is 6.92 Å². The Kier molecular flexibility index (Phi) is 5.95. The molecule has 0 bridgehead atoms. The van der Waals surface area contributed by atoms with Crippen molar-refractivity contribution in [3.05, 3.63) is 64.4 Å². The largest absolute Gasteiger partial charge is 0.455 e. The second-order valence-corrected chi connectivity index (χ2v) is 6.97. The molecule has 1 amide bonds. The maximum absolute atomic E-state index is 12.6. The molecule has 3 rings (SSSR count). The van der Waals surface area contributed by atoms with E-state index in [0.717, 1.165) is 11.1 Å². The molecule has 0 aliphatic carbocycles. The highest BCUT2D eigenvalue weighted by atomic mass is 35.5. The number of aryl methyl sites for hydroxylation is 1. The first-order valence-corrected chi connectivity index (χ1v) is 9.40. The van der Waals surface area contributed by atoms with E-state index in [1.807, 2.05) is 38.1 Å². The minimum Gasteiger partial charge on any atom is -0.455 e. The second-order valence-electron chi connectivity index (χ2n) is 6.56. The smallest absolute Gasteiger partial charge is 0.255 e. The van der Waals surface area contributed by atoms with Gasteiger partial charge in [0.1, 0.15) is 17.3 Å². The number of amides is 1. The van der Waals surface area contributed by atoms with Gasteiger partial charge in [0.2, 0.25) is 0 Å². The van der Waals surface area contributed by atoms with Gasteiger partial charge in [-0.15, -0.1) is 0 Å². The lowest BCUT2D eigenvalue weighted by Gasteiger charge is -2.06. The van der Waals surface area contributed by atoms with Crippen LogP contribution in [0, 0.1) is 6.92 Å². The van der Waals surface area contributed by atoms with Gasteiger partial charge in [0.15, 0.2) is 0 Å². The van der Waals surface area contributed by atoms with Gasteiger partial charge in [0, 0.05) is 36.0 Å². The summed E-state index contributed by atoms with van der Waals surface area (Å²) in [6.07, 6.45) is 1.95. The Balaban J connectivity index is 2.16. The molecule has 28 heavy (non-hydrogen) atoms. The molecule has 5 nitrogen and oxygen atoms in total. The first-order valence-electron chi connectivity index (χ1n) is 9.03. The Morgan fingerprint density at radius 2 is 1.93 bits per heavy atom. The van der Waals surface area contributed by atoms with Crippen molar-refractivity contribution in [3.8, 4) is 22.6 Å². The van der Waals surface area contributed by atoms with E-state index in [0.29, 0.717) is 39.9 Å². The molecule has 0 atom stereocenters. The Labute approximate surface area is 168 Å². The molecule has 3 aromatic rings. The predicted molar refractivity (Wildman–Crippen MR) is 110 cm³/mol. The van der Waals surface area contributed by atoms with Crippen LogP contribution in [0.3, 0.4) is 0 Å². The van der Waals surface area contributed by atoms with E-state index in [4.69, 9.17) is 16.0 Å². The summed E-state index contributed by atoms with van der Waals surface area (Å²) in [6, 6.07) is 10.8. The monoisotopic (exact) mass is 396 g/mol. The first kappa shape index (κ1) is 19.8.